The molecular weight excluding hydrogens is 467 g/mol. The first-order valence-corrected chi connectivity index (χ1v) is 11.7. The summed E-state index contributed by atoms with van der Waals surface area (Å²) in [4.78, 5) is 29.2. The minimum atomic E-state index is -4.31. The third-order valence-corrected chi connectivity index (χ3v) is 6.71. The van der Waals surface area contributed by atoms with Gasteiger partial charge in [0.05, 0.1) is 5.69 Å². The van der Waals surface area contributed by atoms with Gasteiger partial charge in [-0.25, -0.2) is 9.78 Å². The summed E-state index contributed by atoms with van der Waals surface area (Å²) in [5.74, 6) is -0.751. The number of halogens is 3. The number of nitrogens with zero attached hydrogens (tertiary/aromatic N) is 1. The van der Waals surface area contributed by atoms with E-state index < -0.39 is 24.3 Å². The van der Waals surface area contributed by atoms with Crippen molar-refractivity contribution in [1.29, 1.82) is 0 Å². The molecule has 0 aliphatic heterocycles. The van der Waals surface area contributed by atoms with Crippen molar-refractivity contribution in [2.45, 2.75) is 58.5 Å². The number of Topliss-reactive ketones (excluding diaryl/α,β-unsaturated/α-hetero) is 1. The lowest BCUT2D eigenvalue weighted by Crippen LogP contribution is -2.13. The van der Waals surface area contributed by atoms with Gasteiger partial charge in [-0.15, -0.1) is 11.3 Å². The maximum absolute atomic E-state index is 12.9. The lowest BCUT2D eigenvalue weighted by molar-refractivity contribution is -0.139. The molecular formula is C25H26F3NO4S. The minimum absolute atomic E-state index is 0.0700. The molecule has 2 aromatic rings. The van der Waals surface area contributed by atoms with Crippen molar-refractivity contribution in [1.82, 2.24) is 4.98 Å². The Morgan fingerprint density at radius 1 is 1.21 bits per heavy atom. The lowest BCUT2D eigenvalue weighted by Gasteiger charge is -2.15. The molecule has 0 bridgehead atoms. The Kier molecular flexibility index (Phi) is 7.97. The van der Waals surface area contributed by atoms with E-state index in [4.69, 9.17) is 14.8 Å². The summed E-state index contributed by atoms with van der Waals surface area (Å²) in [5.41, 5.74) is 2.26. The number of aromatic nitrogens is 1. The summed E-state index contributed by atoms with van der Waals surface area (Å²) < 4.78 is 44.0. The fourth-order valence-corrected chi connectivity index (χ4v) is 4.89. The fourth-order valence-electron chi connectivity index (χ4n) is 3.62. The van der Waals surface area contributed by atoms with Gasteiger partial charge in [0.2, 0.25) is 0 Å². The molecule has 1 N–H and O–H groups in total. The molecule has 1 aromatic carbocycles. The van der Waals surface area contributed by atoms with E-state index in [2.05, 4.69) is 0 Å². The van der Waals surface area contributed by atoms with Gasteiger partial charge in [-0.1, -0.05) is 38.1 Å². The third kappa shape index (κ3) is 6.34. The van der Waals surface area contributed by atoms with Crippen LogP contribution in [0.3, 0.4) is 0 Å². The van der Waals surface area contributed by atoms with Crippen molar-refractivity contribution in [3.63, 3.8) is 0 Å². The molecule has 1 heterocycles. The number of alkyl halides is 3. The predicted octanol–water partition coefficient (Wildman–Crippen LogP) is 6.52. The molecule has 3 rings (SSSR count). The van der Waals surface area contributed by atoms with E-state index in [1.807, 2.05) is 13.8 Å². The molecule has 0 radical (unpaired) electrons. The summed E-state index contributed by atoms with van der Waals surface area (Å²) in [6.45, 7) is 5.27. The lowest BCUT2D eigenvalue weighted by atomic mass is 9.98. The number of rotatable bonds is 9. The average molecular weight is 494 g/mol. The van der Waals surface area contributed by atoms with Gasteiger partial charge in [0.1, 0.15) is 10.8 Å². The van der Waals surface area contributed by atoms with Crippen LogP contribution < -0.4 is 4.74 Å². The summed E-state index contributed by atoms with van der Waals surface area (Å²) >= 11 is 1.43. The Morgan fingerprint density at radius 3 is 2.53 bits per heavy atom. The number of benzene rings is 1. The van der Waals surface area contributed by atoms with Crippen LogP contribution >= 0.6 is 11.3 Å². The number of ketones is 1. The average Bonchev–Trinajstić information content (AvgIpc) is 3.21. The van der Waals surface area contributed by atoms with Crippen LogP contribution in [-0.2, 0) is 11.2 Å². The molecule has 0 fully saturated rings. The summed E-state index contributed by atoms with van der Waals surface area (Å²) in [6.07, 6.45) is -0.806. The monoisotopic (exact) mass is 493 g/mol. The molecule has 9 heteroatoms. The SMILES string of the molecule is Cc1ccc(C(=O)CCc2sc(C3=CC=C(C(F)(F)F)CC3)nc2C(C)C)cc1OCC(=O)O. The van der Waals surface area contributed by atoms with Gasteiger partial charge in [0, 0.05) is 22.4 Å². The van der Waals surface area contributed by atoms with E-state index in [1.54, 1.807) is 25.1 Å². The van der Waals surface area contributed by atoms with Crippen LogP contribution in [0.5, 0.6) is 5.75 Å². The first-order chi connectivity index (χ1) is 16.0. The van der Waals surface area contributed by atoms with E-state index in [0.29, 0.717) is 22.7 Å². The van der Waals surface area contributed by atoms with Gasteiger partial charge in [0.15, 0.2) is 12.4 Å². The highest BCUT2D eigenvalue weighted by Crippen LogP contribution is 2.38. The van der Waals surface area contributed by atoms with Crippen molar-refractivity contribution >= 4 is 28.7 Å². The fraction of sp³-hybridized carbons (Fsp3) is 0.400. The van der Waals surface area contributed by atoms with E-state index in [1.165, 1.54) is 17.4 Å². The zero-order chi connectivity index (χ0) is 25.0. The molecule has 0 saturated carbocycles. The van der Waals surface area contributed by atoms with Gasteiger partial charge in [-0.3, -0.25) is 4.79 Å². The number of aliphatic carboxylic acids is 1. The van der Waals surface area contributed by atoms with E-state index >= 15 is 0 Å². The molecule has 0 spiro atoms. The molecule has 34 heavy (non-hydrogen) atoms. The molecule has 1 aromatic heterocycles. The zero-order valence-corrected chi connectivity index (χ0v) is 20.0. The Labute approximate surface area is 200 Å². The Balaban J connectivity index is 1.75. The van der Waals surface area contributed by atoms with Crippen molar-refractivity contribution in [2.75, 3.05) is 6.61 Å². The van der Waals surface area contributed by atoms with Gasteiger partial charge in [-0.05, 0) is 49.3 Å². The second kappa shape index (κ2) is 10.5. The van der Waals surface area contributed by atoms with Crippen LogP contribution in [-0.4, -0.2) is 34.6 Å². The Morgan fingerprint density at radius 2 is 1.94 bits per heavy atom. The number of hydrogen-bond donors (Lipinski definition) is 1. The summed E-state index contributed by atoms with van der Waals surface area (Å²) in [7, 11) is 0. The normalized spacial score (nSPS) is 14.1. The van der Waals surface area contributed by atoms with Gasteiger partial charge in [-0.2, -0.15) is 13.2 Å². The van der Waals surface area contributed by atoms with Crippen LogP contribution in [0.25, 0.3) is 5.57 Å². The molecule has 1 aliphatic rings. The highest BCUT2D eigenvalue weighted by molar-refractivity contribution is 7.12. The smallest absolute Gasteiger partial charge is 0.412 e. The third-order valence-electron chi connectivity index (χ3n) is 5.50. The topological polar surface area (TPSA) is 76.5 Å². The molecule has 0 amide bonds. The van der Waals surface area contributed by atoms with Crippen molar-refractivity contribution < 1.29 is 32.6 Å². The second-order valence-corrected chi connectivity index (χ2v) is 9.53. The maximum atomic E-state index is 12.9. The van der Waals surface area contributed by atoms with E-state index in [-0.39, 0.29) is 31.0 Å². The highest BCUT2D eigenvalue weighted by Gasteiger charge is 2.34. The number of thiazole rings is 1. The second-order valence-electron chi connectivity index (χ2n) is 8.45. The van der Waals surface area contributed by atoms with Crippen LogP contribution in [0.4, 0.5) is 13.2 Å². The summed E-state index contributed by atoms with van der Waals surface area (Å²) in [5, 5.41) is 9.51. The zero-order valence-electron chi connectivity index (χ0n) is 19.2. The summed E-state index contributed by atoms with van der Waals surface area (Å²) in [6, 6.07) is 4.96. The van der Waals surface area contributed by atoms with Gasteiger partial charge >= 0.3 is 12.1 Å². The number of hydrogen-bond acceptors (Lipinski definition) is 5. The van der Waals surface area contributed by atoms with Crippen LogP contribution in [0.15, 0.2) is 35.9 Å². The van der Waals surface area contributed by atoms with Crippen molar-refractivity contribution in [3.05, 3.63) is 62.6 Å². The van der Waals surface area contributed by atoms with Crippen molar-refractivity contribution in [3.8, 4) is 5.75 Å². The molecule has 0 atom stereocenters. The van der Waals surface area contributed by atoms with E-state index in [9.17, 15) is 22.8 Å². The maximum Gasteiger partial charge on any atom is 0.412 e. The first kappa shape index (κ1) is 25.7. The standard InChI is InChI=1S/C25H26F3NO4S/c1-14(2)23-21(34-24(29-23)16-6-8-18(9-7-16)25(26,27)28)11-10-19(30)17-5-4-15(3)20(12-17)33-13-22(31)32/h4-6,8,12,14H,7,9-11,13H2,1-3H3,(H,31,32). The first-order valence-electron chi connectivity index (χ1n) is 10.9. The van der Waals surface area contributed by atoms with Crippen LogP contribution in [0.1, 0.15) is 70.5 Å². The predicted molar refractivity (Wildman–Crippen MR) is 125 cm³/mol. The van der Waals surface area contributed by atoms with Crippen molar-refractivity contribution in [2.24, 2.45) is 0 Å². The molecule has 0 unspecified atom stereocenters. The Hall–Kier alpha value is -2.94. The molecule has 1 aliphatic carbocycles. The number of allylic oxidation sites excluding steroid dienone is 4. The molecule has 0 saturated heterocycles. The Bertz CT molecular complexity index is 1150. The minimum Gasteiger partial charge on any atom is -0.482 e. The molecule has 5 nitrogen and oxygen atoms in total. The number of carboxylic acid groups (broad SMARTS) is 1. The van der Waals surface area contributed by atoms with E-state index in [0.717, 1.165) is 27.8 Å². The highest BCUT2D eigenvalue weighted by atomic mass is 32.1. The number of carbonyl (C=O) groups excluding carboxylic acids is 1. The van der Waals surface area contributed by atoms with Crippen LogP contribution in [0.2, 0.25) is 0 Å². The molecule has 182 valence electrons. The number of carboxylic acids is 1. The number of carbonyl (C=O) groups is 2. The largest absolute Gasteiger partial charge is 0.482 e. The number of ether oxygens (including phenoxy) is 1. The number of aryl methyl sites for hydroxylation is 2. The van der Waals surface area contributed by atoms with Gasteiger partial charge < -0.3 is 9.84 Å². The van der Waals surface area contributed by atoms with Crippen LogP contribution in [0, 0.1) is 6.92 Å². The van der Waals surface area contributed by atoms with Gasteiger partial charge in [0.25, 0.3) is 0 Å². The quantitative estimate of drug-likeness (QED) is 0.403.